The summed E-state index contributed by atoms with van der Waals surface area (Å²) in [6.07, 6.45) is 4.34. The van der Waals surface area contributed by atoms with Crippen molar-refractivity contribution in [2.24, 2.45) is 16.8 Å². The highest BCUT2D eigenvalue weighted by Crippen LogP contribution is 2.47. The first-order valence-electron chi connectivity index (χ1n) is 13.3. The SMILES string of the molecule is C=C(C)[C@@H]1CCC(C)=C[C@H]1c1c(O)cc(CCCCC)cc1OC(=NC)OC1[C@@H]([C@@H](C)O)C(=O)N1S(=O)(=O)O. The summed E-state index contributed by atoms with van der Waals surface area (Å²) in [6, 6.07) is 3.55. The number of aryl methyl sites for hydroxylation is 1. The molecule has 1 aliphatic carbocycles. The van der Waals surface area contributed by atoms with E-state index in [4.69, 9.17) is 9.47 Å². The van der Waals surface area contributed by atoms with Gasteiger partial charge in [0, 0.05) is 18.5 Å². The van der Waals surface area contributed by atoms with Crippen LogP contribution < -0.4 is 4.74 Å². The number of phenolic OH excluding ortho intramolecular Hbond substituents is 1. The monoisotopic (exact) mass is 564 g/mol. The Balaban J connectivity index is 2.03. The topological polar surface area (TPSA) is 146 Å². The maximum atomic E-state index is 12.3. The van der Waals surface area contributed by atoms with E-state index in [2.05, 4.69) is 24.6 Å². The zero-order valence-corrected chi connectivity index (χ0v) is 24.1. The number of β-lactam (4-membered cyclic amide) rings is 1. The van der Waals surface area contributed by atoms with E-state index < -0.39 is 34.5 Å². The Morgan fingerprint density at radius 2 is 2.00 bits per heavy atom. The van der Waals surface area contributed by atoms with Crippen molar-refractivity contribution in [3.63, 3.8) is 0 Å². The van der Waals surface area contributed by atoms with Crippen molar-refractivity contribution in [2.45, 2.75) is 84.5 Å². The third-order valence-corrected chi connectivity index (χ3v) is 8.26. The van der Waals surface area contributed by atoms with Crippen LogP contribution in [0.1, 0.15) is 76.8 Å². The zero-order valence-electron chi connectivity index (χ0n) is 23.3. The molecule has 1 aliphatic heterocycles. The lowest BCUT2D eigenvalue weighted by atomic mass is 9.73. The summed E-state index contributed by atoms with van der Waals surface area (Å²) in [5.41, 5.74) is 3.51. The number of aliphatic imine (C=N–C) groups is 1. The summed E-state index contributed by atoms with van der Waals surface area (Å²) < 4.78 is 45.0. The van der Waals surface area contributed by atoms with Gasteiger partial charge in [0.1, 0.15) is 17.4 Å². The Kier molecular flexibility index (Phi) is 9.84. The first kappa shape index (κ1) is 30.6. The highest BCUT2D eigenvalue weighted by atomic mass is 32.2. The molecule has 39 heavy (non-hydrogen) atoms. The molecule has 3 rings (SSSR count). The number of aliphatic hydroxyl groups excluding tert-OH is 1. The molecule has 216 valence electrons. The quantitative estimate of drug-likeness (QED) is 0.0941. The van der Waals surface area contributed by atoms with E-state index in [0.717, 1.165) is 43.2 Å². The highest BCUT2D eigenvalue weighted by Gasteiger charge is 2.58. The van der Waals surface area contributed by atoms with Gasteiger partial charge in [-0.05, 0) is 70.1 Å². The van der Waals surface area contributed by atoms with Crippen LogP contribution in [0.25, 0.3) is 0 Å². The molecule has 0 spiro atoms. The standard InChI is InChI=1S/C28H40N2O8S/c1-7-8-9-10-19-14-22(32)25(21-13-17(4)11-12-20(21)16(2)3)23(15-19)37-28(29-6)38-27-24(18(5)31)26(33)30(27)39(34,35)36/h13-15,18,20-21,24,27,31-32H,2,7-12H2,1,3-6H3,(H,34,35,36)/t18-,20+,21-,24+,27?/m1/s1. The molecule has 2 aliphatic rings. The van der Waals surface area contributed by atoms with Gasteiger partial charge >= 0.3 is 16.4 Å². The second-order valence-electron chi connectivity index (χ2n) is 10.5. The molecular weight excluding hydrogens is 524 g/mol. The molecule has 1 saturated heterocycles. The minimum absolute atomic E-state index is 0.0507. The van der Waals surface area contributed by atoms with Crippen LogP contribution in [-0.4, -0.2) is 58.9 Å². The zero-order chi connectivity index (χ0) is 29.1. The van der Waals surface area contributed by atoms with Gasteiger partial charge in [-0.25, -0.2) is 4.99 Å². The normalized spacial score (nSPS) is 24.6. The number of rotatable bonds is 10. The van der Waals surface area contributed by atoms with E-state index in [9.17, 15) is 28.0 Å². The molecule has 0 saturated carbocycles. The van der Waals surface area contributed by atoms with Crippen LogP contribution in [0, 0.1) is 11.8 Å². The van der Waals surface area contributed by atoms with E-state index >= 15 is 0 Å². The van der Waals surface area contributed by atoms with Gasteiger partial charge in [-0.15, -0.1) is 0 Å². The number of carbonyl (C=O) groups is 1. The van der Waals surface area contributed by atoms with Crippen LogP contribution in [0.5, 0.6) is 11.5 Å². The number of hydrogen-bond acceptors (Lipinski definition) is 8. The van der Waals surface area contributed by atoms with E-state index in [-0.39, 0.29) is 33.7 Å². The lowest BCUT2D eigenvalue weighted by Gasteiger charge is -2.44. The summed E-state index contributed by atoms with van der Waals surface area (Å²) in [4.78, 5) is 16.3. The number of aliphatic hydroxyl groups is 1. The predicted molar refractivity (Wildman–Crippen MR) is 148 cm³/mol. The Bertz CT molecular complexity index is 1250. The maximum absolute atomic E-state index is 12.3. The van der Waals surface area contributed by atoms with Crippen molar-refractivity contribution in [2.75, 3.05) is 7.05 Å². The Morgan fingerprint density at radius 3 is 2.56 bits per heavy atom. The summed E-state index contributed by atoms with van der Waals surface area (Å²) in [7, 11) is -3.59. The lowest BCUT2D eigenvalue weighted by molar-refractivity contribution is -0.175. The van der Waals surface area contributed by atoms with Crippen LogP contribution in [0.4, 0.5) is 0 Å². The third kappa shape index (κ3) is 6.82. The fraction of sp³-hybridized carbons (Fsp3) is 0.571. The van der Waals surface area contributed by atoms with Crippen molar-refractivity contribution in [3.05, 3.63) is 47.1 Å². The van der Waals surface area contributed by atoms with Crippen LogP contribution in [0.2, 0.25) is 0 Å². The number of ether oxygens (including phenoxy) is 2. The highest BCUT2D eigenvalue weighted by molar-refractivity contribution is 7.84. The molecule has 1 amide bonds. The largest absolute Gasteiger partial charge is 0.507 e. The van der Waals surface area contributed by atoms with E-state index in [1.54, 1.807) is 6.07 Å². The number of aromatic hydroxyl groups is 1. The van der Waals surface area contributed by atoms with Gasteiger partial charge in [-0.2, -0.15) is 12.7 Å². The van der Waals surface area contributed by atoms with E-state index in [1.807, 2.05) is 19.9 Å². The molecule has 1 aromatic carbocycles. The van der Waals surface area contributed by atoms with Gasteiger partial charge in [0.05, 0.1) is 6.10 Å². The summed E-state index contributed by atoms with van der Waals surface area (Å²) in [6.45, 7) is 11.6. The van der Waals surface area contributed by atoms with Crippen molar-refractivity contribution in [1.29, 1.82) is 0 Å². The molecule has 0 bridgehead atoms. The number of hydrogen-bond donors (Lipinski definition) is 3. The van der Waals surface area contributed by atoms with Gasteiger partial charge in [-0.1, -0.05) is 43.6 Å². The number of carbonyl (C=O) groups excluding carboxylic acids is 1. The fourth-order valence-corrected chi connectivity index (χ4v) is 6.09. The molecule has 1 heterocycles. The van der Waals surface area contributed by atoms with E-state index in [1.165, 1.54) is 19.5 Å². The lowest BCUT2D eigenvalue weighted by Crippen LogP contribution is -2.67. The molecule has 1 unspecified atom stereocenters. The average molecular weight is 565 g/mol. The van der Waals surface area contributed by atoms with Crippen molar-refractivity contribution < 1.29 is 37.5 Å². The predicted octanol–water partition coefficient (Wildman–Crippen LogP) is 4.49. The van der Waals surface area contributed by atoms with Crippen LogP contribution in [0.15, 0.2) is 40.9 Å². The summed E-state index contributed by atoms with van der Waals surface area (Å²) >= 11 is 0. The minimum atomic E-state index is -4.95. The molecule has 0 radical (unpaired) electrons. The van der Waals surface area contributed by atoms with Crippen molar-refractivity contribution in [1.82, 2.24) is 4.31 Å². The fourth-order valence-electron chi connectivity index (χ4n) is 5.31. The molecule has 0 aromatic heterocycles. The number of nitrogens with zero attached hydrogens (tertiary/aromatic N) is 2. The first-order chi connectivity index (χ1) is 18.3. The number of amides is 1. The maximum Gasteiger partial charge on any atom is 0.390 e. The molecule has 11 heteroatoms. The van der Waals surface area contributed by atoms with Gasteiger partial charge < -0.3 is 19.7 Å². The minimum Gasteiger partial charge on any atom is -0.507 e. The van der Waals surface area contributed by atoms with Crippen LogP contribution >= 0.6 is 0 Å². The van der Waals surface area contributed by atoms with E-state index in [0.29, 0.717) is 12.0 Å². The van der Waals surface area contributed by atoms with Crippen molar-refractivity contribution in [3.8, 4) is 11.5 Å². The number of phenols is 1. The third-order valence-electron chi connectivity index (χ3n) is 7.37. The van der Waals surface area contributed by atoms with Crippen molar-refractivity contribution >= 4 is 22.3 Å². The van der Waals surface area contributed by atoms with Gasteiger partial charge in [-0.3, -0.25) is 9.35 Å². The molecule has 5 atom stereocenters. The number of unbranched alkanes of at least 4 members (excludes halogenated alkanes) is 2. The first-order valence-corrected chi connectivity index (χ1v) is 14.7. The Hall–Kier alpha value is -2.89. The Labute approximate surface area is 230 Å². The second-order valence-corrected chi connectivity index (χ2v) is 11.8. The van der Waals surface area contributed by atoms with Gasteiger partial charge in [0.2, 0.25) is 6.23 Å². The second kappa shape index (κ2) is 12.5. The molecule has 3 N–H and O–H groups in total. The molecule has 10 nitrogen and oxygen atoms in total. The summed E-state index contributed by atoms with van der Waals surface area (Å²) in [5, 5.41) is 21.3. The van der Waals surface area contributed by atoms with Gasteiger partial charge in [0.15, 0.2) is 0 Å². The number of benzene rings is 1. The van der Waals surface area contributed by atoms with Gasteiger partial charge in [0.25, 0.3) is 5.91 Å². The Morgan fingerprint density at radius 1 is 1.31 bits per heavy atom. The smallest absolute Gasteiger partial charge is 0.390 e. The van der Waals surface area contributed by atoms with Crippen LogP contribution in [0.3, 0.4) is 0 Å². The van der Waals surface area contributed by atoms with Crippen LogP contribution in [-0.2, 0) is 26.3 Å². The average Bonchev–Trinajstić information content (AvgIpc) is 2.81. The number of allylic oxidation sites excluding steroid dienone is 3. The molecular formula is C28H40N2O8S. The summed E-state index contributed by atoms with van der Waals surface area (Å²) in [5.74, 6) is -2.11. The molecule has 1 aromatic rings. The molecule has 1 fully saturated rings.